The molecule has 0 bridgehead atoms. The van der Waals surface area contributed by atoms with Crippen LogP contribution in [0.2, 0.25) is 5.02 Å². The van der Waals surface area contributed by atoms with Crippen molar-refractivity contribution in [2.45, 2.75) is 13.0 Å². The maximum Gasteiger partial charge on any atom is 0.291 e. The van der Waals surface area contributed by atoms with Gasteiger partial charge >= 0.3 is 0 Å². The third-order valence-corrected chi connectivity index (χ3v) is 5.05. The smallest absolute Gasteiger partial charge is 0.291 e. The maximum atomic E-state index is 13.0. The predicted octanol–water partition coefficient (Wildman–Crippen LogP) is 3.96. The van der Waals surface area contributed by atoms with Crippen LogP contribution in [0.1, 0.15) is 17.5 Å². The van der Waals surface area contributed by atoms with Gasteiger partial charge in [-0.25, -0.2) is 0 Å². The average Bonchev–Trinajstić information content (AvgIpc) is 3.12. The van der Waals surface area contributed by atoms with Crippen LogP contribution in [0.5, 0.6) is 5.75 Å². The summed E-state index contributed by atoms with van der Waals surface area (Å²) in [5, 5.41) is 3.98. The summed E-state index contributed by atoms with van der Waals surface area (Å²) in [5.74, 6) is -0.112. The highest BCUT2D eigenvalue weighted by atomic mass is 35.5. The molecule has 1 aliphatic heterocycles. The quantitative estimate of drug-likeness (QED) is 0.665. The summed E-state index contributed by atoms with van der Waals surface area (Å²) in [7, 11) is 0. The fraction of sp³-hybridized carbons (Fsp3) is 0.273. The van der Waals surface area contributed by atoms with Crippen LogP contribution in [0.4, 0.5) is 5.69 Å². The van der Waals surface area contributed by atoms with Gasteiger partial charge in [0.2, 0.25) is 5.76 Å². The topological polar surface area (TPSA) is 81.0 Å². The molecular formula is C22H21ClN2O5. The van der Waals surface area contributed by atoms with Crippen molar-refractivity contribution in [2.24, 2.45) is 0 Å². The number of para-hydroxylation sites is 1. The van der Waals surface area contributed by atoms with Crippen molar-refractivity contribution < 1.29 is 23.5 Å². The van der Waals surface area contributed by atoms with Gasteiger partial charge in [-0.2, -0.15) is 0 Å². The molecule has 0 spiro atoms. The van der Waals surface area contributed by atoms with E-state index in [9.17, 15) is 9.59 Å². The third-order valence-electron chi connectivity index (χ3n) is 4.81. The number of hydrogen-bond donors (Lipinski definition) is 1. The molecule has 0 radical (unpaired) electrons. The Kier molecular flexibility index (Phi) is 5.92. The van der Waals surface area contributed by atoms with Crippen LogP contribution in [0, 0.1) is 0 Å². The van der Waals surface area contributed by atoms with Crippen LogP contribution in [0.15, 0.2) is 52.9 Å². The van der Waals surface area contributed by atoms with Gasteiger partial charge in [-0.3, -0.25) is 9.59 Å². The minimum atomic E-state index is -0.816. The average molecular weight is 429 g/mol. The molecule has 1 atom stereocenters. The number of rotatable bonds is 5. The third kappa shape index (κ3) is 4.27. The molecular weight excluding hydrogens is 408 g/mol. The first-order valence-corrected chi connectivity index (χ1v) is 10.0. The summed E-state index contributed by atoms with van der Waals surface area (Å²) in [6.45, 7) is 3.51. The Morgan fingerprint density at radius 2 is 1.90 bits per heavy atom. The van der Waals surface area contributed by atoms with E-state index in [0.29, 0.717) is 53.7 Å². The van der Waals surface area contributed by atoms with E-state index in [4.69, 9.17) is 25.5 Å². The Hall–Kier alpha value is -3.03. The van der Waals surface area contributed by atoms with Gasteiger partial charge in [0.1, 0.15) is 17.0 Å². The number of fused-ring (bicyclic) bond motifs is 1. The van der Waals surface area contributed by atoms with Gasteiger partial charge in [0, 0.05) is 23.5 Å². The molecule has 8 heteroatoms. The number of nitrogens with one attached hydrogen (secondary N) is 1. The molecule has 2 heterocycles. The minimum Gasteiger partial charge on any atom is -0.481 e. The summed E-state index contributed by atoms with van der Waals surface area (Å²) >= 11 is 5.97. The predicted molar refractivity (Wildman–Crippen MR) is 113 cm³/mol. The van der Waals surface area contributed by atoms with E-state index in [1.54, 1.807) is 48.2 Å². The molecule has 7 nitrogen and oxygen atoms in total. The molecule has 1 aliphatic rings. The van der Waals surface area contributed by atoms with Crippen molar-refractivity contribution >= 4 is 40.1 Å². The number of ether oxygens (including phenoxy) is 2. The zero-order valence-electron chi connectivity index (χ0n) is 16.4. The molecule has 2 amide bonds. The number of benzene rings is 2. The number of amides is 2. The van der Waals surface area contributed by atoms with Gasteiger partial charge < -0.3 is 24.1 Å². The highest BCUT2D eigenvalue weighted by Gasteiger charge is 2.28. The van der Waals surface area contributed by atoms with E-state index in [0.717, 1.165) is 0 Å². The van der Waals surface area contributed by atoms with E-state index >= 15 is 0 Å². The molecule has 30 heavy (non-hydrogen) atoms. The summed E-state index contributed by atoms with van der Waals surface area (Å²) in [6.07, 6.45) is -0.816. The summed E-state index contributed by atoms with van der Waals surface area (Å²) in [4.78, 5) is 27.5. The molecule has 1 fully saturated rings. The van der Waals surface area contributed by atoms with Crippen molar-refractivity contribution in [3.63, 3.8) is 0 Å². The van der Waals surface area contributed by atoms with Crippen molar-refractivity contribution in [1.29, 1.82) is 0 Å². The van der Waals surface area contributed by atoms with E-state index in [2.05, 4.69) is 5.32 Å². The molecule has 156 valence electrons. The highest BCUT2D eigenvalue weighted by Crippen LogP contribution is 2.32. The van der Waals surface area contributed by atoms with Crippen LogP contribution >= 0.6 is 11.6 Å². The zero-order chi connectivity index (χ0) is 21.1. The van der Waals surface area contributed by atoms with Crippen molar-refractivity contribution in [1.82, 2.24) is 4.90 Å². The first kappa shape index (κ1) is 20.3. The Morgan fingerprint density at radius 3 is 2.67 bits per heavy atom. The van der Waals surface area contributed by atoms with E-state index in [1.165, 1.54) is 0 Å². The van der Waals surface area contributed by atoms with Gasteiger partial charge in [-0.15, -0.1) is 0 Å². The fourth-order valence-corrected chi connectivity index (χ4v) is 3.43. The number of anilines is 1. The lowest BCUT2D eigenvalue weighted by molar-refractivity contribution is -0.122. The monoisotopic (exact) mass is 428 g/mol. The second-order valence-corrected chi connectivity index (χ2v) is 7.35. The lowest BCUT2D eigenvalue weighted by atomic mass is 10.2. The SMILES string of the molecule is CC(Oc1cccc(Cl)c1)C(=O)Nc1c(C(=O)N2CCOCC2)oc2ccccc12. The summed E-state index contributed by atoms with van der Waals surface area (Å²) < 4.78 is 16.8. The lowest BCUT2D eigenvalue weighted by Gasteiger charge is -2.26. The number of carbonyl (C=O) groups excluding carboxylic acids is 2. The molecule has 2 aromatic carbocycles. The van der Waals surface area contributed by atoms with Gasteiger partial charge in [0.05, 0.1) is 13.2 Å². The Balaban J connectivity index is 1.59. The molecule has 3 aromatic rings. The first-order valence-electron chi connectivity index (χ1n) is 9.64. The molecule has 1 N–H and O–H groups in total. The molecule has 4 rings (SSSR count). The Bertz CT molecular complexity index is 1070. The Morgan fingerprint density at radius 1 is 1.13 bits per heavy atom. The normalized spacial score (nSPS) is 15.1. The van der Waals surface area contributed by atoms with E-state index < -0.39 is 12.0 Å². The van der Waals surface area contributed by atoms with Gasteiger partial charge in [0.15, 0.2) is 6.10 Å². The van der Waals surface area contributed by atoms with Gasteiger partial charge in [-0.05, 0) is 37.3 Å². The molecule has 0 aliphatic carbocycles. The fourth-order valence-electron chi connectivity index (χ4n) is 3.25. The van der Waals surface area contributed by atoms with Crippen LogP contribution in [0.3, 0.4) is 0 Å². The second-order valence-electron chi connectivity index (χ2n) is 6.91. The molecule has 1 unspecified atom stereocenters. The first-order chi connectivity index (χ1) is 14.5. The number of hydrogen-bond acceptors (Lipinski definition) is 5. The van der Waals surface area contributed by atoms with Crippen molar-refractivity contribution in [3.8, 4) is 5.75 Å². The minimum absolute atomic E-state index is 0.0985. The van der Waals surface area contributed by atoms with E-state index in [1.807, 2.05) is 12.1 Å². The standard InChI is InChI=1S/C22H21ClN2O5/c1-14(29-16-6-4-5-15(23)13-16)21(26)24-19-17-7-2-3-8-18(17)30-20(19)22(27)25-9-11-28-12-10-25/h2-8,13-14H,9-12H2,1H3,(H,24,26). The second kappa shape index (κ2) is 8.77. The number of nitrogens with zero attached hydrogens (tertiary/aromatic N) is 1. The van der Waals surface area contributed by atoms with E-state index in [-0.39, 0.29) is 11.7 Å². The summed E-state index contributed by atoms with van der Waals surface area (Å²) in [5.41, 5.74) is 0.862. The zero-order valence-corrected chi connectivity index (χ0v) is 17.1. The molecule has 0 saturated carbocycles. The summed E-state index contributed by atoms with van der Waals surface area (Å²) in [6, 6.07) is 14.0. The molecule has 1 aromatic heterocycles. The van der Waals surface area contributed by atoms with Gasteiger partial charge in [-0.1, -0.05) is 29.8 Å². The molecule has 1 saturated heterocycles. The highest BCUT2D eigenvalue weighted by molar-refractivity contribution is 6.30. The van der Waals surface area contributed by atoms with Crippen LogP contribution < -0.4 is 10.1 Å². The lowest BCUT2D eigenvalue weighted by Crippen LogP contribution is -2.41. The van der Waals surface area contributed by atoms with Crippen molar-refractivity contribution in [3.05, 3.63) is 59.3 Å². The maximum absolute atomic E-state index is 13.0. The van der Waals surface area contributed by atoms with Crippen LogP contribution in [-0.2, 0) is 9.53 Å². The number of carbonyl (C=O) groups is 2. The van der Waals surface area contributed by atoms with Crippen molar-refractivity contribution in [2.75, 3.05) is 31.6 Å². The largest absolute Gasteiger partial charge is 0.481 e. The van der Waals surface area contributed by atoms with Crippen LogP contribution in [0.25, 0.3) is 11.0 Å². The number of furan rings is 1. The van der Waals surface area contributed by atoms with Crippen LogP contribution in [-0.4, -0.2) is 49.1 Å². The Labute approximate surface area is 178 Å². The number of halogens is 1. The number of morpholine rings is 1. The van der Waals surface area contributed by atoms with Gasteiger partial charge in [0.25, 0.3) is 11.8 Å².